The summed E-state index contributed by atoms with van der Waals surface area (Å²) in [6, 6.07) is 5.64. The van der Waals surface area contributed by atoms with E-state index in [1.54, 1.807) is 12.0 Å². The van der Waals surface area contributed by atoms with Crippen LogP contribution in [0, 0.1) is 12.8 Å². The van der Waals surface area contributed by atoms with Crippen LogP contribution in [0.5, 0.6) is 5.75 Å². The maximum absolute atomic E-state index is 12.5. The second kappa shape index (κ2) is 8.41. The number of methoxy groups -OCH3 is 1. The van der Waals surface area contributed by atoms with Gasteiger partial charge >= 0.3 is 0 Å². The van der Waals surface area contributed by atoms with E-state index in [9.17, 15) is 14.4 Å². The quantitative estimate of drug-likeness (QED) is 0.819. The highest BCUT2D eigenvalue weighted by Gasteiger charge is 2.36. The molecule has 2 aliphatic rings. The fourth-order valence-electron chi connectivity index (χ4n) is 3.69. The van der Waals surface area contributed by atoms with Crippen LogP contribution < -0.4 is 15.0 Å². The summed E-state index contributed by atoms with van der Waals surface area (Å²) in [5.74, 6) is 0.0242. The fourth-order valence-corrected chi connectivity index (χ4v) is 3.69. The number of carbonyl (C=O) groups is 3. The third-order valence-corrected chi connectivity index (χ3v) is 5.22. The fraction of sp³-hybridized carbons (Fsp3) is 0.550. The molecule has 1 aromatic carbocycles. The summed E-state index contributed by atoms with van der Waals surface area (Å²) in [5, 5.41) is 2.81. The van der Waals surface area contributed by atoms with Crippen LogP contribution >= 0.6 is 0 Å². The van der Waals surface area contributed by atoms with Gasteiger partial charge in [0.25, 0.3) is 0 Å². The lowest BCUT2D eigenvalue weighted by Crippen LogP contribution is -2.36. The number of carbonyl (C=O) groups excluding carboxylic acids is 3. The molecule has 1 aromatic rings. The molecule has 0 unspecified atom stereocenters. The van der Waals surface area contributed by atoms with E-state index in [4.69, 9.17) is 4.74 Å². The molecule has 2 saturated heterocycles. The van der Waals surface area contributed by atoms with Crippen LogP contribution in [0.15, 0.2) is 18.2 Å². The summed E-state index contributed by atoms with van der Waals surface area (Å²) >= 11 is 0. The van der Waals surface area contributed by atoms with Gasteiger partial charge in [-0.1, -0.05) is 6.07 Å². The number of benzene rings is 1. The Hall–Kier alpha value is -2.57. The highest BCUT2D eigenvalue weighted by atomic mass is 16.5. The van der Waals surface area contributed by atoms with Crippen LogP contribution in [-0.4, -0.2) is 55.9 Å². The Labute approximate surface area is 159 Å². The lowest BCUT2D eigenvalue weighted by Gasteiger charge is -2.20. The van der Waals surface area contributed by atoms with Gasteiger partial charge in [0.1, 0.15) is 5.75 Å². The molecule has 146 valence electrons. The summed E-state index contributed by atoms with van der Waals surface area (Å²) in [7, 11) is 1.57. The van der Waals surface area contributed by atoms with Crippen molar-refractivity contribution in [1.82, 2.24) is 10.2 Å². The van der Waals surface area contributed by atoms with Gasteiger partial charge in [-0.15, -0.1) is 0 Å². The predicted molar refractivity (Wildman–Crippen MR) is 102 cm³/mol. The number of hydrogen-bond acceptors (Lipinski definition) is 4. The van der Waals surface area contributed by atoms with Crippen molar-refractivity contribution in [2.75, 3.05) is 38.2 Å². The van der Waals surface area contributed by atoms with Crippen molar-refractivity contribution in [1.29, 1.82) is 0 Å². The van der Waals surface area contributed by atoms with Crippen molar-refractivity contribution in [2.24, 2.45) is 5.92 Å². The molecule has 0 bridgehead atoms. The molecule has 1 atom stereocenters. The van der Waals surface area contributed by atoms with Crippen molar-refractivity contribution in [3.8, 4) is 5.75 Å². The zero-order valence-corrected chi connectivity index (χ0v) is 16.0. The summed E-state index contributed by atoms with van der Waals surface area (Å²) < 4.78 is 5.36. The maximum Gasteiger partial charge on any atom is 0.227 e. The number of amides is 3. The molecule has 2 heterocycles. The van der Waals surface area contributed by atoms with Gasteiger partial charge in [0.15, 0.2) is 0 Å². The molecule has 0 radical (unpaired) electrons. The lowest BCUT2D eigenvalue weighted by atomic mass is 10.1. The number of anilines is 1. The number of nitrogens with one attached hydrogen (secondary N) is 1. The number of likely N-dealkylation sites (tertiary alicyclic amines) is 1. The van der Waals surface area contributed by atoms with Gasteiger partial charge in [0.2, 0.25) is 17.7 Å². The first kappa shape index (κ1) is 19.2. The minimum atomic E-state index is -0.412. The molecule has 3 amide bonds. The Morgan fingerprint density at radius 2 is 2.00 bits per heavy atom. The normalized spacial score (nSPS) is 19.5. The van der Waals surface area contributed by atoms with Crippen LogP contribution in [0.3, 0.4) is 0 Å². The summed E-state index contributed by atoms with van der Waals surface area (Å²) in [4.78, 5) is 40.4. The highest BCUT2D eigenvalue weighted by Crippen LogP contribution is 2.33. The minimum absolute atomic E-state index is 0.0846. The third kappa shape index (κ3) is 4.40. The van der Waals surface area contributed by atoms with Crippen LogP contribution in [0.1, 0.15) is 31.2 Å². The van der Waals surface area contributed by atoms with E-state index < -0.39 is 5.92 Å². The third-order valence-electron chi connectivity index (χ3n) is 5.22. The number of nitrogens with zero attached hydrogens (tertiary/aromatic N) is 2. The van der Waals surface area contributed by atoms with Gasteiger partial charge in [0, 0.05) is 39.0 Å². The van der Waals surface area contributed by atoms with Gasteiger partial charge in [-0.3, -0.25) is 14.4 Å². The molecule has 27 heavy (non-hydrogen) atoms. The van der Waals surface area contributed by atoms with Crippen molar-refractivity contribution in [3.63, 3.8) is 0 Å². The lowest BCUT2D eigenvalue weighted by molar-refractivity contribution is -0.130. The standard InChI is InChI=1S/C20H27N3O4/c1-14-5-6-17(27-2)16(11-14)23-13-15(12-19(23)25)20(26)21-8-7-18(24)22-9-3-4-10-22/h5-6,11,15H,3-4,7-10,12-13H2,1-2H3,(H,21,26)/t15-/m0/s1. The zero-order valence-electron chi connectivity index (χ0n) is 16.0. The Kier molecular flexibility index (Phi) is 5.98. The average molecular weight is 373 g/mol. The zero-order chi connectivity index (χ0) is 19.4. The second-order valence-corrected chi connectivity index (χ2v) is 7.21. The van der Waals surface area contributed by atoms with Gasteiger partial charge in [-0.2, -0.15) is 0 Å². The largest absolute Gasteiger partial charge is 0.495 e. The van der Waals surface area contributed by atoms with E-state index in [0.29, 0.717) is 30.9 Å². The van der Waals surface area contributed by atoms with Gasteiger partial charge in [-0.05, 0) is 37.5 Å². The summed E-state index contributed by atoms with van der Waals surface area (Å²) in [5.41, 5.74) is 1.72. The van der Waals surface area contributed by atoms with E-state index in [1.807, 2.05) is 30.0 Å². The first-order chi connectivity index (χ1) is 13.0. The van der Waals surface area contributed by atoms with Gasteiger partial charge in [-0.25, -0.2) is 0 Å². The molecule has 0 aromatic heterocycles. The van der Waals surface area contributed by atoms with E-state index in [0.717, 1.165) is 31.5 Å². The monoisotopic (exact) mass is 373 g/mol. The number of rotatable bonds is 6. The number of ether oxygens (including phenoxy) is 1. The molecular formula is C20H27N3O4. The predicted octanol–water partition coefficient (Wildman–Crippen LogP) is 1.49. The molecular weight excluding hydrogens is 346 g/mol. The molecule has 0 aliphatic carbocycles. The topological polar surface area (TPSA) is 79.0 Å². The van der Waals surface area contributed by atoms with Gasteiger partial charge in [0.05, 0.1) is 18.7 Å². The van der Waals surface area contributed by atoms with Crippen LogP contribution in [0.25, 0.3) is 0 Å². The van der Waals surface area contributed by atoms with Crippen molar-refractivity contribution in [3.05, 3.63) is 23.8 Å². The first-order valence-corrected chi connectivity index (χ1v) is 9.50. The van der Waals surface area contributed by atoms with E-state index in [-0.39, 0.29) is 24.1 Å². The Morgan fingerprint density at radius 1 is 1.26 bits per heavy atom. The number of hydrogen-bond donors (Lipinski definition) is 1. The van der Waals surface area contributed by atoms with E-state index in [1.165, 1.54) is 0 Å². The van der Waals surface area contributed by atoms with Crippen LogP contribution in [0.2, 0.25) is 0 Å². The Morgan fingerprint density at radius 3 is 2.70 bits per heavy atom. The van der Waals surface area contributed by atoms with Crippen LogP contribution in [-0.2, 0) is 14.4 Å². The molecule has 0 saturated carbocycles. The van der Waals surface area contributed by atoms with Gasteiger partial charge < -0.3 is 19.9 Å². The highest BCUT2D eigenvalue weighted by molar-refractivity contribution is 6.01. The Balaban J connectivity index is 1.54. The maximum atomic E-state index is 12.5. The van der Waals surface area contributed by atoms with E-state index >= 15 is 0 Å². The molecule has 1 N–H and O–H groups in total. The average Bonchev–Trinajstić information content (AvgIpc) is 3.31. The first-order valence-electron chi connectivity index (χ1n) is 9.50. The summed E-state index contributed by atoms with van der Waals surface area (Å²) in [6.07, 6.45) is 2.59. The molecule has 2 aliphatic heterocycles. The summed E-state index contributed by atoms with van der Waals surface area (Å²) in [6.45, 7) is 4.22. The SMILES string of the molecule is COc1ccc(C)cc1N1C[C@@H](C(=O)NCCC(=O)N2CCCC2)CC1=O. The second-order valence-electron chi connectivity index (χ2n) is 7.21. The molecule has 7 nitrogen and oxygen atoms in total. The van der Waals surface area contributed by atoms with Crippen LogP contribution in [0.4, 0.5) is 5.69 Å². The van der Waals surface area contributed by atoms with Crippen molar-refractivity contribution >= 4 is 23.4 Å². The molecule has 0 spiro atoms. The minimum Gasteiger partial charge on any atom is -0.495 e. The van der Waals surface area contributed by atoms with Crippen molar-refractivity contribution < 1.29 is 19.1 Å². The smallest absolute Gasteiger partial charge is 0.227 e. The molecule has 7 heteroatoms. The Bertz CT molecular complexity index is 728. The van der Waals surface area contributed by atoms with E-state index in [2.05, 4.69) is 5.32 Å². The molecule has 3 rings (SSSR count). The molecule has 2 fully saturated rings. The van der Waals surface area contributed by atoms with Crippen molar-refractivity contribution in [2.45, 2.75) is 32.6 Å². The number of aryl methyl sites for hydroxylation is 1.